The third kappa shape index (κ3) is 2.29. The minimum absolute atomic E-state index is 0.415. The lowest BCUT2D eigenvalue weighted by Crippen LogP contribution is -1.95. The summed E-state index contributed by atoms with van der Waals surface area (Å²) >= 11 is 3.56. The van der Waals surface area contributed by atoms with Gasteiger partial charge in [-0.2, -0.15) is 5.10 Å². The van der Waals surface area contributed by atoms with Crippen molar-refractivity contribution in [2.75, 3.05) is 7.11 Å². The minimum Gasteiger partial charge on any atom is -0.496 e. The first-order valence-electron chi connectivity index (χ1n) is 5.93. The number of nitrogens with one attached hydrogen (secondary N) is 1. The number of aromatic nitrogens is 2. The van der Waals surface area contributed by atoms with Crippen LogP contribution in [0.1, 0.15) is 31.0 Å². The fraction of sp³-hybridized carbons (Fsp3) is 0.357. The molecule has 3 nitrogen and oxygen atoms in total. The van der Waals surface area contributed by atoms with E-state index in [1.54, 1.807) is 7.11 Å². The highest BCUT2D eigenvalue weighted by atomic mass is 79.9. The molecule has 4 heteroatoms. The van der Waals surface area contributed by atoms with Gasteiger partial charge in [-0.05, 0) is 52.5 Å². The van der Waals surface area contributed by atoms with Crippen LogP contribution in [-0.2, 0) is 0 Å². The Balaban J connectivity index is 2.53. The molecule has 96 valence electrons. The number of halogens is 1. The third-order valence-electron chi connectivity index (χ3n) is 3.00. The highest BCUT2D eigenvalue weighted by Crippen LogP contribution is 2.34. The third-order valence-corrected chi connectivity index (χ3v) is 3.97. The largest absolute Gasteiger partial charge is 0.496 e. The summed E-state index contributed by atoms with van der Waals surface area (Å²) in [6.07, 6.45) is 0. The van der Waals surface area contributed by atoms with Crippen molar-refractivity contribution in [2.45, 2.75) is 26.7 Å². The lowest BCUT2D eigenvalue weighted by Gasteiger charge is -2.13. The van der Waals surface area contributed by atoms with Crippen molar-refractivity contribution < 1.29 is 4.74 Å². The first-order valence-corrected chi connectivity index (χ1v) is 6.72. The zero-order valence-electron chi connectivity index (χ0n) is 11.0. The fourth-order valence-electron chi connectivity index (χ4n) is 1.94. The van der Waals surface area contributed by atoms with Crippen LogP contribution in [0.2, 0.25) is 0 Å². The van der Waals surface area contributed by atoms with Crippen LogP contribution in [0.3, 0.4) is 0 Å². The molecule has 0 radical (unpaired) electrons. The Labute approximate surface area is 116 Å². The summed E-state index contributed by atoms with van der Waals surface area (Å²) in [6.45, 7) is 6.31. The molecule has 0 bridgehead atoms. The minimum atomic E-state index is 0.415. The summed E-state index contributed by atoms with van der Waals surface area (Å²) < 4.78 is 6.41. The molecule has 2 aromatic rings. The predicted molar refractivity (Wildman–Crippen MR) is 77.1 cm³/mol. The number of aromatic amines is 1. The molecule has 1 aromatic carbocycles. The zero-order valence-corrected chi connectivity index (χ0v) is 12.6. The van der Waals surface area contributed by atoms with Crippen LogP contribution in [0, 0.1) is 6.92 Å². The summed E-state index contributed by atoms with van der Waals surface area (Å²) in [5.41, 5.74) is 4.27. The molecule has 2 rings (SSSR count). The standard InChI is InChI=1S/C14H17BrN2O/c1-8(2)11-7-10(5-6-12(11)18-4)14-13(15)9(3)16-17-14/h5-8H,1-4H3,(H,16,17). The average Bonchev–Trinajstić information content (AvgIpc) is 2.69. The second-order valence-electron chi connectivity index (χ2n) is 4.62. The summed E-state index contributed by atoms with van der Waals surface area (Å²) in [6, 6.07) is 6.18. The van der Waals surface area contributed by atoms with Gasteiger partial charge in [0.1, 0.15) is 11.4 Å². The lowest BCUT2D eigenvalue weighted by atomic mass is 9.98. The van der Waals surface area contributed by atoms with Crippen LogP contribution < -0.4 is 4.74 Å². The Morgan fingerprint density at radius 2 is 2.06 bits per heavy atom. The van der Waals surface area contributed by atoms with Crippen LogP contribution >= 0.6 is 15.9 Å². The van der Waals surface area contributed by atoms with Gasteiger partial charge in [-0.3, -0.25) is 5.10 Å². The maximum absolute atomic E-state index is 5.39. The van der Waals surface area contributed by atoms with E-state index in [9.17, 15) is 0 Å². The van der Waals surface area contributed by atoms with E-state index in [2.05, 4.69) is 46.0 Å². The number of rotatable bonds is 3. The van der Waals surface area contributed by atoms with Crippen molar-refractivity contribution in [2.24, 2.45) is 0 Å². The molecule has 0 fully saturated rings. The SMILES string of the molecule is COc1ccc(-c2n[nH]c(C)c2Br)cc1C(C)C. The first kappa shape index (κ1) is 13.1. The van der Waals surface area contributed by atoms with E-state index in [0.717, 1.165) is 27.2 Å². The monoisotopic (exact) mass is 308 g/mol. The van der Waals surface area contributed by atoms with Crippen LogP contribution in [0.4, 0.5) is 0 Å². The van der Waals surface area contributed by atoms with Gasteiger partial charge in [0, 0.05) is 11.3 Å². The molecule has 0 atom stereocenters. The smallest absolute Gasteiger partial charge is 0.122 e. The number of hydrogen-bond acceptors (Lipinski definition) is 2. The van der Waals surface area contributed by atoms with Gasteiger partial charge in [-0.25, -0.2) is 0 Å². The molecule has 1 heterocycles. The van der Waals surface area contributed by atoms with E-state index in [-0.39, 0.29) is 0 Å². The maximum Gasteiger partial charge on any atom is 0.122 e. The molecule has 0 aliphatic rings. The fourth-order valence-corrected chi connectivity index (χ4v) is 2.35. The molecular formula is C14H17BrN2O. The zero-order chi connectivity index (χ0) is 13.3. The lowest BCUT2D eigenvalue weighted by molar-refractivity contribution is 0.407. The molecular weight excluding hydrogens is 292 g/mol. The van der Waals surface area contributed by atoms with E-state index in [1.165, 1.54) is 5.56 Å². The van der Waals surface area contributed by atoms with E-state index >= 15 is 0 Å². The number of H-pyrrole nitrogens is 1. The molecule has 0 unspecified atom stereocenters. The van der Waals surface area contributed by atoms with Crippen molar-refractivity contribution in [3.63, 3.8) is 0 Å². The Bertz CT molecular complexity index is 561. The number of benzene rings is 1. The molecule has 1 aromatic heterocycles. The average molecular weight is 309 g/mol. The second kappa shape index (κ2) is 5.14. The van der Waals surface area contributed by atoms with Gasteiger partial charge in [0.25, 0.3) is 0 Å². The highest BCUT2D eigenvalue weighted by Gasteiger charge is 2.13. The van der Waals surface area contributed by atoms with Crippen molar-refractivity contribution in [3.8, 4) is 17.0 Å². The Morgan fingerprint density at radius 3 is 2.56 bits per heavy atom. The first-order chi connectivity index (χ1) is 8.54. The van der Waals surface area contributed by atoms with Gasteiger partial charge < -0.3 is 4.74 Å². The quantitative estimate of drug-likeness (QED) is 0.919. The van der Waals surface area contributed by atoms with E-state index < -0.39 is 0 Å². The van der Waals surface area contributed by atoms with Gasteiger partial charge in [-0.15, -0.1) is 0 Å². The van der Waals surface area contributed by atoms with Gasteiger partial charge in [0.05, 0.1) is 11.6 Å². The molecule has 18 heavy (non-hydrogen) atoms. The molecule has 0 aliphatic heterocycles. The second-order valence-corrected chi connectivity index (χ2v) is 5.42. The Kier molecular flexibility index (Phi) is 3.76. The number of hydrogen-bond donors (Lipinski definition) is 1. The van der Waals surface area contributed by atoms with E-state index in [0.29, 0.717) is 5.92 Å². The van der Waals surface area contributed by atoms with E-state index in [4.69, 9.17) is 4.74 Å². The topological polar surface area (TPSA) is 37.9 Å². The van der Waals surface area contributed by atoms with Crippen LogP contribution in [0.5, 0.6) is 5.75 Å². The molecule has 0 saturated heterocycles. The van der Waals surface area contributed by atoms with Gasteiger partial charge in [0.15, 0.2) is 0 Å². The summed E-state index contributed by atoms with van der Waals surface area (Å²) in [5.74, 6) is 1.34. The van der Waals surface area contributed by atoms with Gasteiger partial charge >= 0.3 is 0 Å². The van der Waals surface area contributed by atoms with Crippen LogP contribution in [-0.4, -0.2) is 17.3 Å². The molecule has 0 spiro atoms. The Hall–Kier alpha value is -1.29. The Morgan fingerprint density at radius 1 is 1.33 bits per heavy atom. The van der Waals surface area contributed by atoms with Crippen molar-refractivity contribution in [1.29, 1.82) is 0 Å². The number of ether oxygens (including phenoxy) is 1. The predicted octanol–water partition coefficient (Wildman–Crippen LogP) is 4.28. The number of aryl methyl sites for hydroxylation is 1. The van der Waals surface area contributed by atoms with E-state index in [1.807, 2.05) is 19.1 Å². The van der Waals surface area contributed by atoms with Gasteiger partial charge in [0.2, 0.25) is 0 Å². The number of nitrogens with zero attached hydrogens (tertiary/aromatic N) is 1. The maximum atomic E-state index is 5.39. The van der Waals surface area contributed by atoms with Gasteiger partial charge in [-0.1, -0.05) is 13.8 Å². The highest BCUT2D eigenvalue weighted by molar-refractivity contribution is 9.10. The van der Waals surface area contributed by atoms with Crippen molar-refractivity contribution in [3.05, 3.63) is 33.9 Å². The normalized spacial score (nSPS) is 11.0. The summed E-state index contributed by atoms with van der Waals surface area (Å²) in [4.78, 5) is 0. The molecule has 1 N–H and O–H groups in total. The summed E-state index contributed by atoms with van der Waals surface area (Å²) in [7, 11) is 1.70. The molecule has 0 aliphatic carbocycles. The van der Waals surface area contributed by atoms with Crippen molar-refractivity contribution in [1.82, 2.24) is 10.2 Å². The number of methoxy groups -OCH3 is 1. The molecule has 0 amide bonds. The van der Waals surface area contributed by atoms with Crippen LogP contribution in [0.25, 0.3) is 11.3 Å². The summed E-state index contributed by atoms with van der Waals surface area (Å²) in [5, 5.41) is 7.31. The van der Waals surface area contributed by atoms with Crippen molar-refractivity contribution >= 4 is 15.9 Å². The molecule has 0 saturated carbocycles. The van der Waals surface area contributed by atoms with Crippen LogP contribution in [0.15, 0.2) is 22.7 Å².